The topological polar surface area (TPSA) is 82.4 Å². The summed E-state index contributed by atoms with van der Waals surface area (Å²) >= 11 is 0.839. The minimum Gasteiger partial charge on any atom is -0.493 e. The number of aryl methyl sites for hydroxylation is 1. The van der Waals surface area contributed by atoms with Gasteiger partial charge in [0.2, 0.25) is 5.91 Å². The van der Waals surface area contributed by atoms with E-state index in [1.165, 1.54) is 25.2 Å². The molecular formula is C21H22F3N5O3S. The zero-order valence-electron chi connectivity index (χ0n) is 18.4. The fourth-order valence-electron chi connectivity index (χ4n) is 2.93. The van der Waals surface area contributed by atoms with Crippen molar-refractivity contribution in [2.45, 2.75) is 17.9 Å². The van der Waals surface area contributed by atoms with Crippen LogP contribution in [0.3, 0.4) is 0 Å². The van der Waals surface area contributed by atoms with Crippen molar-refractivity contribution in [3.63, 3.8) is 0 Å². The van der Waals surface area contributed by atoms with Gasteiger partial charge in [-0.2, -0.15) is 18.3 Å². The van der Waals surface area contributed by atoms with Crippen LogP contribution in [0.5, 0.6) is 11.5 Å². The molecule has 1 amide bonds. The summed E-state index contributed by atoms with van der Waals surface area (Å²) in [5.74, 6) is 0.382. The molecule has 0 bridgehead atoms. The van der Waals surface area contributed by atoms with E-state index in [9.17, 15) is 18.0 Å². The number of carbonyl (C=O) groups excluding carboxylic acids is 1. The second-order valence-electron chi connectivity index (χ2n) is 7.05. The summed E-state index contributed by atoms with van der Waals surface area (Å²) in [4.78, 5) is 21.8. The molecule has 0 fully saturated rings. The molecule has 2 heterocycles. The number of alkyl halides is 3. The molecule has 0 aliphatic carbocycles. The van der Waals surface area contributed by atoms with Gasteiger partial charge in [-0.15, -0.1) is 0 Å². The summed E-state index contributed by atoms with van der Waals surface area (Å²) in [6, 6.07) is 5.54. The maximum atomic E-state index is 13.5. The first kappa shape index (κ1) is 24.4. The van der Waals surface area contributed by atoms with E-state index in [0.717, 1.165) is 23.4 Å². The Kier molecular flexibility index (Phi) is 7.46. The monoisotopic (exact) mass is 481 g/mol. The van der Waals surface area contributed by atoms with Gasteiger partial charge in [0.1, 0.15) is 5.69 Å². The molecule has 0 aliphatic rings. The van der Waals surface area contributed by atoms with Crippen molar-refractivity contribution in [2.24, 2.45) is 7.05 Å². The number of halogens is 3. The molecule has 2 aromatic heterocycles. The van der Waals surface area contributed by atoms with Crippen molar-refractivity contribution in [3.8, 4) is 22.8 Å². The SMILES string of the molecule is COc1ccc(-c2cc(C(F)(F)F)nc(SCC(=O)N(C)Cc3cnn(C)c3)n2)cc1OC. The van der Waals surface area contributed by atoms with Gasteiger partial charge in [0.05, 0.1) is 31.9 Å². The molecule has 0 radical (unpaired) electrons. The molecule has 0 unspecified atom stereocenters. The molecule has 0 atom stereocenters. The molecule has 176 valence electrons. The minimum absolute atomic E-state index is 0.0527. The van der Waals surface area contributed by atoms with Gasteiger partial charge in [-0.1, -0.05) is 11.8 Å². The first-order chi connectivity index (χ1) is 15.6. The minimum atomic E-state index is -4.68. The highest BCUT2D eigenvalue weighted by atomic mass is 32.2. The van der Waals surface area contributed by atoms with E-state index in [0.29, 0.717) is 23.6 Å². The van der Waals surface area contributed by atoms with Gasteiger partial charge in [-0.05, 0) is 24.3 Å². The van der Waals surface area contributed by atoms with Crippen LogP contribution in [0.25, 0.3) is 11.3 Å². The van der Waals surface area contributed by atoms with Crippen LogP contribution in [0.2, 0.25) is 0 Å². The number of hydrogen-bond donors (Lipinski definition) is 0. The quantitative estimate of drug-likeness (QED) is 0.359. The third kappa shape index (κ3) is 6.15. The number of rotatable bonds is 8. The Hall–Kier alpha value is -3.28. The van der Waals surface area contributed by atoms with E-state index < -0.39 is 11.9 Å². The van der Waals surface area contributed by atoms with Crippen molar-refractivity contribution in [1.82, 2.24) is 24.6 Å². The molecule has 0 saturated carbocycles. The zero-order chi connectivity index (χ0) is 24.2. The fourth-order valence-corrected chi connectivity index (χ4v) is 3.73. The third-order valence-electron chi connectivity index (χ3n) is 4.60. The predicted octanol–water partition coefficient (Wildman–Crippen LogP) is 3.66. The lowest BCUT2D eigenvalue weighted by molar-refractivity contribution is -0.141. The molecular weight excluding hydrogens is 459 g/mol. The van der Waals surface area contributed by atoms with Crippen molar-refractivity contribution >= 4 is 17.7 Å². The summed E-state index contributed by atoms with van der Waals surface area (Å²) in [5, 5.41) is 3.89. The van der Waals surface area contributed by atoms with Crippen molar-refractivity contribution in [1.29, 1.82) is 0 Å². The van der Waals surface area contributed by atoms with Gasteiger partial charge in [-0.25, -0.2) is 9.97 Å². The molecule has 0 saturated heterocycles. The van der Waals surface area contributed by atoms with E-state index in [1.807, 2.05) is 0 Å². The van der Waals surface area contributed by atoms with E-state index in [-0.39, 0.29) is 22.5 Å². The van der Waals surface area contributed by atoms with E-state index >= 15 is 0 Å². The van der Waals surface area contributed by atoms with Crippen LogP contribution in [0.4, 0.5) is 13.2 Å². The van der Waals surface area contributed by atoms with Gasteiger partial charge >= 0.3 is 6.18 Å². The molecule has 0 N–H and O–H groups in total. The van der Waals surface area contributed by atoms with Gasteiger partial charge in [0.15, 0.2) is 16.7 Å². The molecule has 0 spiro atoms. The summed E-state index contributed by atoms with van der Waals surface area (Å²) in [6.45, 7) is 0.327. The molecule has 0 aliphatic heterocycles. The van der Waals surface area contributed by atoms with Crippen LogP contribution >= 0.6 is 11.8 Å². The lowest BCUT2D eigenvalue weighted by atomic mass is 10.1. The highest BCUT2D eigenvalue weighted by molar-refractivity contribution is 7.99. The van der Waals surface area contributed by atoms with Crippen LogP contribution < -0.4 is 9.47 Å². The first-order valence-corrected chi connectivity index (χ1v) is 10.6. The summed E-state index contributed by atoms with van der Waals surface area (Å²) in [6.07, 6.45) is -1.25. The molecule has 33 heavy (non-hydrogen) atoms. The lowest BCUT2D eigenvalue weighted by Crippen LogP contribution is -2.27. The number of ether oxygens (including phenoxy) is 2. The maximum absolute atomic E-state index is 13.5. The average Bonchev–Trinajstić information content (AvgIpc) is 3.20. The van der Waals surface area contributed by atoms with Crippen LogP contribution in [0, 0.1) is 0 Å². The highest BCUT2D eigenvalue weighted by Crippen LogP contribution is 2.35. The van der Waals surface area contributed by atoms with Crippen LogP contribution in [0.15, 0.2) is 41.8 Å². The Balaban J connectivity index is 1.82. The Bertz CT molecular complexity index is 1140. The van der Waals surface area contributed by atoms with Crippen molar-refractivity contribution < 1.29 is 27.4 Å². The smallest absolute Gasteiger partial charge is 0.433 e. The van der Waals surface area contributed by atoms with Gasteiger partial charge in [0.25, 0.3) is 0 Å². The molecule has 3 aromatic rings. The Morgan fingerprint density at radius 2 is 1.88 bits per heavy atom. The average molecular weight is 482 g/mol. The normalized spacial score (nSPS) is 11.4. The van der Waals surface area contributed by atoms with Crippen LogP contribution in [-0.2, 0) is 24.6 Å². The number of carbonyl (C=O) groups is 1. The van der Waals surface area contributed by atoms with E-state index in [4.69, 9.17) is 9.47 Å². The molecule has 8 nitrogen and oxygen atoms in total. The summed E-state index contributed by atoms with van der Waals surface area (Å²) in [7, 11) is 6.26. The standard InChI is InChI=1S/C21H22F3N5O3S/c1-28(10-13-9-25-29(2)11-13)19(30)12-33-20-26-15(8-18(27-20)21(22,23)24)14-5-6-16(31-3)17(7-14)32-4/h5-9,11H,10,12H2,1-4H3. The van der Waals surface area contributed by atoms with Crippen LogP contribution in [0.1, 0.15) is 11.3 Å². The number of amides is 1. The number of thioether (sulfide) groups is 1. The fraction of sp³-hybridized carbons (Fsp3) is 0.333. The van der Waals surface area contributed by atoms with Gasteiger partial charge < -0.3 is 14.4 Å². The summed E-state index contributed by atoms with van der Waals surface area (Å²) < 4.78 is 52.4. The number of aromatic nitrogens is 4. The number of nitrogens with zero attached hydrogens (tertiary/aromatic N) is 5. The van der Waals surface area contributed by atoms with Gasteiger partial charge in [-0.3, -0.25) is 9.48 Å². The lowest BCUT2D eigenvalue weighted by Gasteiger charge is -2.16. The second kappa shape index (κ2) is 10.1. The van der Waals surface area contributed by atoms with Gasteiger partial charge in [0, 0.05) is 38.0 Å². The largest absolute Gasteiger partial charge is 0.493 e. The number of methoxy groups -OCH3 is 2. The Morgan fingerprint density at radius 1 is 1.15 bits per heavy atom. The third-order valence-corrected chi connectivity index (χ3v) is 5.44. The van der Waals surface area contributed by atoms with Crippen molar-refractivity contribution in [2.75, 3.05) is 27.0 Å². The number of benzene rings is 1. The van der Waals surface area contributed by atoms with Crippen LogP contribution in [-0.4, -0.2) is 57.6 Å². The Labute approximate surface area is 192 Å². The summed E-state index contributed by atoms with van der Waals surface area (Å²) in [5.41, 5.74) is 0.185. The highest BCUT2D eigenvalue weighted by Gasteiger charge is 2.34. The van der Waals surface area contributed by atoms with Crippen molar-refractivity contribution in [3.05, 3.63) is 47.9 Å². The molecule has 1 aromatic carbocycles. The maximum Gasteiger partial charge on any atom is 0.433 e. The first-order valence-electron chi connectivity index (χ1n) is 9.63. The van der Waals surface area contributed by atoms with E-state index in [2.05, 4.69) is 15.1 Å². The Morgan fingerprint density at radius 3 is 2.48 bits per heavy atom. The number of hydrogen-bond acceptors (Lipinski definition) is 7. The second-order valence-corrected chi connectivity index (χ2v) is 7.99. The molecule has 12 heteroatoms. The van der Waals surface area contributed by atoms with E-state index in [1.54, 1.807) is 43.3 Å². The molecule has 3 rings (SSSR count). The zero-order valence-corrected chi connectivity index (χ0v) is 19.2. The predicted molar refractivity (Wildman–Crippen MR) is 116 cm³/mol.